The first-order valence-electron chi connectivity index (χ1n) is 18.5. The van der Waals surface area contributed by atoms with Gasteiger partial charge in [0.25, 0.3) is 0 Å². The van der Waals surface area contributed by atoms with Crippen LogP contribution in [0.1, 0.15) is 25.7 Å². The number of nitrogens with one attached hydrogen (secondary N) is 4. The third-order valence-electron chi connectivity index (χ3n) is 8.55. The second-order valence-electron chi connectivity index (χ2n) is 12.5. The Morgan fingerprint density at radius 3 is 2.07 bits per heavy atom. The zero-order valence-corrected chi connectivity index (χ0v) is 30.2. The molecule has 2 aromatic carbocycles. The number of ether oxygens (including phenoxy) is 8. The van der Waals surface area contributed by atoms with Crippen LogP contribution in [-0.4, -0.2) is 133 Å². The lowest BCUT2D eigenvalue weighted by Crippen LogP contribution is -2.53. The third kappa shape index (κ3) is 11.5. The summed E-state index contributed by atoms with van der Waals surface area (Å²) in [6.07, 6.45) is -0.720. The Morgan fingerprint density at radius 2 is 1.44 bits per heavy atom. The molecular formula is C36H50N8O10. The number of carbonyl (C=O) groups is 2. The van der Waals surface area contributed by atoms with E-state index in [9.17, 15) is 9.59 Å². The topological polar surface area (TPSA) is 210 Å². The average molecular weight is 755 g/mol. The molecule has 18 nitrogen and oxygen atoms in total. The number of nitrogens with zero attached hydrogens (tertiary/aromatic N) is 3. The smallest absolute Gasteiger partial charge is 0.419 e. The minimum Gasteiger partial charge on any atom is -0.483 e. The number of fused-ring (bicyclic) bond motifs is 2. The van der Waals surface area contributed by atoms with Gasteiger partial charge in [-0.05, 0) is 43.7 Å². The van der Waals surface area contributed by atoms with Gasteiger partial charge in [-0.2, -0.15) is 0 Å². The van der Waals surface area contributed by atoms with Crippen molar-refractivity contribution in [2.24, 2.45) is 15.7 Å². The van der Waals surface area contributed by atoms with E-state index in [2.05, 4.69) is 31.3 Å². The van der Waals surface area contributed by atoms with Crippen molar-refractivity contribution >= 4 is 23.9 Å². The maximum atomic E-state index is 13.3. The first-order valence-corrected chi connectivity index (χ1v) is 18.5. The van der Waals surface area contributed by atoms with E-state index in [-0.39, 0.29) is 52.5 Å². The number of aliphatic imine (C=N–C) groups is 2. The highest BCUT2D eigenvalue weighted by atomic mass is 16.7. The van der Waals surface area contributed by atoms with Gasteiger partial charge in [-0.15, -0.1) is 0 Å². The maximum absolute atomic E-state index is 13.3. The number of benzene rings is 2. The average Bonchev–Trinajstić information content (AvgIpc) is 3.21. The molecule has 0 radical (unpaired) electrons. The molecule has 0 aromatic heterocycles. The number of hydrogen-bond acceptors (Lipinski definition) is 18. The van der Waals surface area contributed by atoms with Crippen LogP contribution in [0.4, 0.5) is 0 Å². The van der Waals surface area contributed by atoms with Crippen molar-refractivity contribution in [2.45, 2.75) is 50.7 Å². The van der Waals surface area contributed by atoms with Gasteiger partial charge in [0, 0.05) is 58.7 Å². The van der Waals surface area contributed by atoms with Crippen molar-refractivity contribution in [2.75, 3.05) is 78.8 Å². The highest BCUT2D eigenvalue weighted by Gasteiger charge is 2.32. The molecule has 294 valence electrons. The minimum absolute atomic E-state index is 0.170. The predicted octanol–water partition coefficient (Wildman–Crippen LogP) is 0.272. The van der Waals surface area contributed by atoms with E-state index >= 15 is 0 Å². The first kappa shape index (κ1) is 38.7. The standard InChI is InChI=1S/C36H50N8O10/c37-13-11-30(44(36-42-16-6-17-43-36)20-22-48-32-24-50-26-8-2-4-10-28(26)52-32)54-34(46)33(45)53-29(12-18-41-35-39-14-5-15-40-35)38-19-21-47-31-23-49-25-7-1-3-9-27(25)51-31/h1-4,7-10,29-32,38H,5-6,11-24,37H2,(H,42,43)(H2,39,40,41). The molecule has 0 saturated carbocycles. The number of hydrogen-bond donors (Lipinski definition) is 5. The van der Waals surface area contributed by atoms with Crippen LogP contribution in [0.5, 0.6) is 23.0 Å². The molecule has 4 atom stereocenters. The van der Waals surface area contributed by atoms with Crippen molar-refractivity contribution in [3.05, 3.63) is 48.5 Å². The molecule has 0 saturated heterocycles. The summed E-state index contributed by atoms with van der Waals surface area (Å²) in [7, 11) is 0. The van der Waals surface area contributed by atoms with Crippen LogP contribution in [0.25, 0.3) is 0 Å². The fourth-order valence-corrected chi connectivity index (χ4v) is 5.90. The van der Waals surface area contributed by atoms with E-state index in [1.165, 1.54) is 0 Å². The summed E-state index contributed by atoms with van der Waals surface area (Å²) in [5, 5.41) is 12.8. The second-order valence-corrected chi connectivity index (χ2v) is 12.5. The number of esters is 2. The molecule has 6 N–H and O–H groups in total. The fraction of sp³-hybridized carbons (Fsp3) is 0.556. The molecule has 0 fully saturated rings. The van der Waals surface area contributed by atoms with Gasteiger partial charge in [-0.1, -0.05) is 24.3 Å². The number of nitrogens with two attached hydrogens (primary N) is 1. The lowest BCUT2D eigenvalue weighted by molar-refractivity contribution is -0.180. The molecule has 4 aliphatic heterocycles. The van der Waals surface area contributed by atoms with E-state index in [4.69, 9.17) is 43.6 Å². The molecule has 18 heteroatoms. The van der Waals surface area contributed by atoms with Gasteiger partial charge in [-0.3, -0.25) is 15.3 Å². The molecule has 0 aliphatic carbocycles. The Hall–Kier alpha value is -5.04. The van der Waals surface area contributed by atoms with Crippen molar-refractivity contribution in [3.8, 4) is 23.0 Å². The SMILES string of the molecule is NCCC(OC(=O)C(=O)OC(CCNC1=NCCCN1)NCCOC1COc2ccccc2O1)N(CCOC1COc2ccccc2O1)C1=NCCCN1. The van der Waals surface area contributed by atoms with Crippen LogP contribution in [0.2, 0.25) is 0 Å². The normalized spacial score (nSPS) is 19.8. The Balaban J connectivity index is 1.03. The van der Waals surface area contributed by atoms with Crippen molar-refractivity contribution in [1.82, 2.24) is 26.2 Å². The van der Waals surface area contributed by atoms with Crippen molar-refractivity contribution < 1.29 is 47.5 Å². The molecule has 2 aromatic rings. The molecule has 54 heavy (non-hydrogen) atoms. The summed E-state index contributed by atoms with van der Waals surface area (Å²) in [5.41, 5.74) is 5.96. The Labute approximate surface area is 314 Å². The summed E-state index contributed by atoms with van der Waals surface area (Å²) < 4.78 is 46.5. The van der Waals surface area contributed by atoms with Crippen LogP contribution < -0.4 is 45.9 Å². The van der Waals surface area contributed by atoms with E-state index < -0.39 is 37.0 Å². The van der Waals surface area contributed by atoms with E-state index in [0.717, 1.165) is 25.9 Å². The second kappa shape index (κ2) is 20.4. The highest BCUT2D eigenvalue weighted by Crippen LogP contribution is 2.32. The molecule has 4 heterocycles. The van der Waals surface area contributed by atoms with Gasteiger partial charge in [-0.25, -0.2) is 9.59 Å². The summed E-state index contributed by atoms with van der Waals surface area (Å²) in [6.45, 7) is 4.72. The molecule has 6 rings (SSSR count). The summed E-state index contributed by atoms with van der Waals surface area (Å²) in [5.74, 6) is 1.34. The molecule has 0 amide bonds. The van der Waals surface area contributed by atoms with Gasteiger partial charge >= 0.3 is 11.9 Å². The molecule has 0 spiro atoms. The van der Waals surface area contributed by atoms with E-state index in [0.29, 0.717) is 61.0 Å². The van der Waals surface area contributed by atoms with Gasteiger partial charge in [0.05, 0.1) is 13.2 Å². The largest absolute Gasteiger partial charge is 0.483 e. The third-order valence-corrected chi connectivity index (χ3v) is 8.55. The lowest BCUT2D eigenvalue weighted by Gasteiger charge is -2.35. The Kier molecular flexibility index (Phi) is 14.6. The molecule has 4 unspecified atom stereocenters. The monoisotopic (exact) mass is 754 g/mol. The van der Waals surface area contributed by atoms with Crippen LogP contribution in [0.3, 0.4) is 0 Å². The number of rotatable bonds is 17. The molecule has 4 aliphatic rings. The van der Waals surface area contributed by atoms with Gasteiger partial charge in [0.1, 0.15) is 0 Å². The summed E-state index contributed by atoms with van der Waals surface area (Å²) in [6, 6.07) is 14.7. The first-order chi connectivity index (χ1) is 26.6. The predicted molar refractivity (Wildman–Crippen MR) is 195 cm³/mol. The van der Waals surface area contributed by atoms with E-state index in [1.807, 2.05) is 48.5 Å². The summed E-state index contributed by atoms with van der Waals surface area (Å²) >= 11 is 0. The van der Waals surface area contributed by atoms with Crippen LogP contribution in [0.15, 0.2) is 58.5 Å². The van der Waals surface area contributed by atoms with Crippen LogP contribution in [0, 0.1) is 0 Å². The van der Waals surface area contributed by atoms with Crippen LogP contribution in [-0.2, 0) is 28.5 Å². The molecular weight excluding hydrogens is 704 g/mol. The van der Waals surface area contributed by atoms with Gasteiger partial charge < -0.3 is 64.5 Å². The number of guanidine groups is 2. The zero-order valence-electron chi connectivity index (χ0n) is 30.2. The number of para-hydroxylation sites is 4. The zero-order chi connectivity index (χ0) is 37.4. The Bertz CT molecular complexity index is 1580. The summed E-state index contributed by atoms with van der Waals surface area (Å²) in [4.78, 5) is 37.3. The quantitative estimate of drug-likeness (QED) is 0.0636. The maximum Gasteiger partial charge on any atom is 0.419 e. The van der Waals surface area contributed by atoms with Gasteiger partial charge in [0.15, 0.2) is 60.6 Å². The van der Waals surface area contributed by atoms with E-state index in [1.54, 1.807) is 4.90 Å². The highest BCUT2D eigenvalue weighted by molar-refractivity contribution is 6.29. The lowest BCUT2D eigenvalue weighted by atomic mass is 10.3. The van der Waals surface area contributed by atoms with Crippen molar-refractivity contribution in [3.63, 3.8) is 0 Å². The number of carbonyl (C=O) groups excluding carboxylic acids is 2. The molecule has 0 bridgehead atoms. The Morgan fingerprint density at radius 1 is 0.815 bits per heavy atom. The van der Waals surface area contributed by atoms with Crippen molar-refractivity contribution in [1.29, 1.82) is 0 Å². The fourth-order valence-electron chi connectivity index (χ4n) is 5.90. The van der Waals surface area contributed by atoms with Crippen LogP contribution >= 0.6 is 0 Å². The van der Waals surface area contributed by atoms with Gasteiger partial charge in [0.2, 0.25) is 12.6 Å². The minimum atomic E-state index is -1.17.